The molecule has 0 atom stereocenters. The quantitative estimate of drug-likeness (QED) is 0.779. The van der Waals surface area contributed by atoms with E-state index in [2.05, 4.69) is 46.6 Å². The number of hydrogen-bond donors (Lipinski definition) is 1. The Bertz CT molecular complexity index is 659. The summed E-state index contributed by atoms with van der Waals surface area (Å²) >= 11 is 7.06. The van der Waals surface area contributed by atoms with Crippen molar-refractivity contribution in [2.45, 2.75) is 51.4 Å². The van der Waals surface area contributed by atoms with E-state index in [0.717, 1.165) is 22.3 Å². The summed E-state index contributed by atoms with van der Waals surface area (Å²) in [5.74, 6) is 0. The summed E-state index contributed by atoms with van der Waals surface area (Å²) in [7, 11) is 2.10. The van der Waals surface area contributed by atoms with Gasteiger partial charge in [-0.25, -0.2) is 4.68 Å². The molecule has 1 heterocycles. The molecule has 1 saturated carbocycles. The first-order valence-corrected chi connectivity index (χ1v) is 9.50. The standard InChI is InChI=1S/C17H24N4S2/c1-20(12-14-8-4-2-5-9-14)13-21-17(22)23-16(19-21)18-15-10-6-3-7-11-15/h2,4-5,8-9,15H,3,6-7,10-13H2,1H3,(H,18,19). The molecule has 0 radical (unpaired) electrons. The zero-order valence-electron chi connectivity index (χ0n) is 13.6. The van der Waals surface area contributed by atoms with Crippen LogP contribution in [0.25, 0.3) is 0 Å². The average Bonchev–Trinajstić information content (AvgIpc) is 2.88. The number of rotatable bonds is 6. The molecule has 0 bridgehead atoms. The second kappa shape index (κ2) is 8.04. The van der Waals surface area contributed by atoms with Crippen molar-refractivity contribution in [2.75, 3.05) is 12.4 Å². The third-order valence-corrected chi connectivity index (χ3v) is 5.45. The minimum atomic E-state index is 0.569. The minimum Gasteiger partial charge on any atom is -0.357 e. The molecule has 0 aliphatic heterocycles. The first kappa shape index (κ1) is 16.6. The third-order valence-electron chi connectivity index (χ3n) is 4.21. The lowest BCUT2D eigenvalue weighted by molar-refractivity contribution is 0.245. The SMILES string of the molecule is CN(Cc1ccccc1)Cn1nc(NC2CCCCC2)sc1=S. The van der Waals surface area contributed by atoms with Crippen LogP contribution < -0.4 is 5.32 Å². The van der Waals surface area contributed by atoms with Gasteiger partial charge in [0, 0.05) is 12.6 Å². The number of nitrogens with one attached hydrogen (secondary N) is 1. The lowest BCUT2D eigenvalue weighted by Crippen LogP contribution is -2.24. The number of aromatic nitrogens is 2. The van der Waals surface area contributed by atoms with Crippen LogP contribution in [-0.4, -0.2) is 27.8 Å². The highest BCUT2D eigenvalue weighted by Crippen LogP contribution is 2.23. The van der Waals surface area contributed by atoms with Gasteiger partial charge in [0.15, 0.2) is 3.95 Å². The van der Waals surface area contributed by atoms with E-state index in [9.17, 15) is 0 Å². The molecule has 1 fully saturated rings. The molecular weight excluding hydrogens is 324 g/mol. The fourth-order valence-corrected chi connectivity index (χ4v) is 4.12. The summed E-state index contributed by atoms with van der Waals surface area (Å²) < 4.78 is 2.76. The molecule has 1 aliphatic carbocycles. The summed E-state index contributed by atoms with van der Waals surface area (Å²) in [6, 6.07) is 11.1. The van der Waals surface area contributed by atoms with Crippen LogP contribution >= 0.6 is 23.6 Å². The summed E-state index contributed by atoms with van der Waals surface area (Å²) in [4.78, 5) is 2.23. The molecule has 2 aromatic rings. The van der Waals surface area contributed by atoms with Crippen molar-refractivity contribution in [2.24, 2.45) is 0 Å². The second-order valence-electron chi connectivity index (χ2n) is 6.29. The molecule has 6 heteroatoms. The van der Waals surface area contributed by atoms with E-state index in [1.807, 2.05) is 10.7 Å². The highest BCUT2D eigenvalue weighted by atomic mass is 32.1. The molecule has 124 valence electrons. The highest BCUT2D eigenvalue weighted by Gasteiger charge is 2.15. The molecule has 4 nitrogen and oxygen atoms in total. The average molecular weight is 349 g/mol. The molecule has 1 aromatic heterocycles. The van der Waals surface area contributed by atoms with Gasteiger partial charge in [0.25, 0.3) is 0 Å². The maximum Gasteiger partial charge on any atom is 0.204 e. The Morgan fingerprint density at radius 2 is 2.00 bits per heavy atom. The van der Waals surface area contributed by atoms with E-state index < -0.39 is 0 Å². The summed E-state index contributed by atoms with van der Waals surface area (Å²) in [5, 5.41) is 9.20. The first-order valence-electron chi connectivity index (χ1n) is 8.27. The smallest absolute Gasteiger partial charge is 0.204 e. The summed E-state index contributed by atoms with van der Waals surface area (Å²) in [5.41, 5.74) is 1.30. The van der Waals surface area contributed by atoms with Gasteiger partial charge in [-0.2, -0.15) is 0 Å². The Kier molecular flexibility index (Phi) is 5.80. The van der Waals surface area contributed by atoms with Crippen molar-refractivity contribution in [3.63, 3.8) is 0 Å². The number of benzene rings is 1. The van der Waals surface area contributed by atoms with Crippen molar-refractivity contribution in [3.05, 3.63) is 39.8 Å². The summed E-state index contributed by atoms with van der Waals surface area (Å²) in [6.45, 7) is 1.61. The number of hydrogen-bond acceptors (Lipinski definition) is 5. The van der Waals surface area contributed by atoms with Gasteiger partial charge in [-0.1, -0.05) is 60.9 Å². The predicted molar refractivity (Wildman–Crippen MR) is 99.3 cm³/mol. The maximum absolute atomic E-state index is 5.48. The molecule has 0 spiro atoms. The Labute approximate surface area is 147 Å². The van der Waals surface area contributed by atoms with Gasteiger partial charge in [0.2, 0.25) is 5.13 Å². The summed E-state index contributed by atoms with van der Waals surface area (Å²) in [6.07, 6.45) is 6.51. The van der Waals surface area contributed by atoms with Gasteiger partial charge in [-0.05, 0) is 37.7 Å². The van der Waals surface area contributed by atoms with Crippen LogP contribution in [0.4, 0.5) is 5.13 Å². The van der Waals surface area contributed by atoms with E-state index in [1.165, 1.54) is 37.7 Å². The molecule has 23 heavy (non-hydrogen) atoms. The van der Waals surface area contributed by atoms with E-state index in [1.54, 1.807) is 11.3 Å². The van der Waals surface area contributed by atoms with E-state index >= 15 is 0 Å². The molecule has 1 N–H and O–H groups in total. The van der Waals surface area contributed by atoms with E-state index in [4.69, 9.17) is 12.2 Å². The molecular formula is C17H24N4S2. The van der Waals surface area contributed by atoms with Gasteiger partial charge >= 0.3 is 0 Å². The molecule has 0 amide bonds. The number of nitrogens with zero attached hydrogens (tertiary/aromatic N) is 3. The first-order chi connectivity index (χ1) is 11.2. The van der Waals surface area contributed by atoms with Crippen molar-refractivity contribution in [3.8, 4) is 0 Å². The maximum atomic E-state index is 5.48. The fraction of sp³-hybridized carbons (Fsp3) is 0.529. The number of anilines is 1. The van der Waals surface area contributed by atoms with Crippen LogP contribution in [0, 0.1) is 3.95 Å². The lowest BCUT2D eigenvalue weighted by Gasteiger charge is -2.22. The van der Waals surface area contributed by atoms with Crippen LogP contribution in [0.5, 0.6) is 0 Å². The van der Waals surface area contributed by atoms with Crippen LogP contribution in [-0.2, 0) is 13.2 Å². The van der Waals surface area contributed by atoms with Crippen LogP contribution in [0.3, 0.4) is 0 Å². The molecule has 1 aromatic carbocycles. The fourth-order valence-electron chi connectivity index (χ4n) is 3.05. The molecule has 1 aliphatic rings. The normalized spacial score (nSPS) is 15.9. The van der Waals surface area contributed by atoms with Gasteiger partial charge in [-0.3, -0.25) is 4.90 Å². The monoisotopic (exact) mass is 348 g/mol. The topological polar surface area (TPSA) is 33.1 Å². The van der Waals surface area contributed by atoms with Gasteiger partial charge in [0.1, 0.15) is 0 Å². The van der Waals surface area contributed by atoms with Gasteiger partial charge in [-0.15, -0.1) is 5.10 Å². The largest absolute Gasteiger partial charge is 0.357 e. The van der Waals surface area contributed by atoms with Crippen LogP contribution in [0.2, 0.25) is 0 Å². The van der Waals surface area contributed by atoms with E-state index in [-0.39, 0.29) is 0 Å². The van der Waals surface area contributed by atoms with E-state index in [0.29, 0.717) is 6.04 Å². The van der Waals surface area contributed by atoms with Crippen LogP contribution in [0.1, 0.15) is 37.7 Å². The Hall–Kier alpha value is -1.24. The molecule has 3 rings (SSSR count). The Balaban J connectivity index is 1.58. The van der Waals surface area contributed by atoms with Crippen molar-refractivity contribution in [1.82, 2.24) is 14.7 Å². The predicted octanol–water partition coefficient (Wildman–Crippen LogP) is 4.51. The Morgan fingerprint density at radius 3 is 2.74 bits per heavy atom. The highest BCUT2D eigenvalue weighted by molar-refractivity contribution is 7.73. The van der Waals surface area contributed by atoms with Crippen molar-refractivity contribution >= 4 is 28.7 Å². The van der Waals surface area contributed by atoms with Crippen LogP contribution in [0.15, 0.2) is 30.3 Å². The second-order valence-corrected chi connectivity index (χ2v) is 7.92. The third kappa shape index (κ3) is 4.86. The van der Waals surface area contributed by atoms with Crippen molar-refractivity contribution in [1.29, 1.82) is 0 Å². The van der Waals surface area contributed by atoms with Crippen molar-refractivity contribution < 1.29 is 0 Å². The zero-order chi connectivity index (χ0) is 16.1. The molecule has 0 saturated heterocycles. The minimum absolute atomic E-state index is 0.569. The molecule has 0 unspecified atom stereocenters. The van der Waals surface area contributed by atoms with Gasteiger partial charge in [0.05, 0.1) is 6.67 Å². The zero-order valence-corrected chi connectivity index (χ0v) is 15.2. The lowest BCUT2D eigenvalue weighted by atomic mass is 9.96. The Morgan fingerprint density at radius 1 is 1.26 bits per heavy atom. The van der Waals surface area contributed by atoms with Gasteiger partial charge < -0.3 is 5.32 Å².